The topological polar surface area (TPSA) is 17.1 Å². The lowest BCUT2D eigenvalue weighted by Gasteiger charge is -2.58. The molecule has 0 aromatic rings. The van der Waals surface area contributed by atoms with Crippen molar-refractivity contribution in [3.8, 4) is 0 Å². The molecule has 0 aliphatic heterocycles. The van der Waals surface area contributed by atoms with Gasteiger partial charge >= 0.3 is 0 Å². The fourth-order valence-electron chi connectivity index (χ4n) is 6.63. The van der Waals surface area contributed by atoms with Gasteiger partial charge in [0.1, 0.15) is 0 Å². The lowest BCUT2D eigenvalue weighted by Crippen LogP contribution is -2.51. The first-order chi connectivity index (χ1) is 9.53. The third-order valence-electron chi connectivity index (χ3n) is 7.82. The number of allylic oxidation sites excluding steroid dienone is 2. The predicted octanol–water partition coefficient (Wildman–Crippen LogP) is 4.76. The quantitative estimate of drug-likeness (QED) is 0.621. The number of carbonyl (C=O) groups is 1. The van der Waals surface area contributed by atoms with Gasteiger partial charge in [0.2, 0.25) is 0 Å². The van der Waals surface area contributed by atoms with E-state index in [1.165, 1.54) is 44.9 Å². The van der Waals surface area contributed by atoms with E-state index in [1.807, 2.05) is 6.08 Å². The predicted molar refractivity (Wildman–Crippen MR) is 81.3 cm³/mol. The first-order valence-electron chi connectivity index (χ1n) is 8.75. The average molecular weight is 272 g/mol. The van der Waals surface area contributed by atoms with Crippen molar-refractivity contribution in [2.24, 2.45) is 34.5 Å². The lowest BCUT2D eigenvalue weighted by molar-refractivity contribution is -0.121. The standard InChI is InChI=1S/C19H28O/c1-18-9-3-4-16(18)15-6-5-13-12-14(20)7-11-19(13,2)17(15)8-10-18/h7,11,13,15-17H,3-6,8-10,12H2,1-2H3. The van der Waals surface area contributed by atoms with Crippen LogP contribution in [0, 0.1) is 34.5 Å². The summed E-state index contributed by atoms with van der Waals surface area (Å²) in [5.41, 5.74) is 0.972. The van der Waals surface area contributed by atoms with E-state index >= 15 is 0 Å². The minimum Gasteiger partial charge on any atom is -0.295 e. The Balaban J connectivity index is 1.68. The molecular formula is C19H28O. The summed E-state index contributed by atoms with van der Waals surface area (Å²) >= 11 is 0. The highest BCUT2D eigenvalue weighted by molar-refractivity contribution is 5.91. The van der Waals surface area contributed by atoms with E-state index in [1.54, 1.807) is 0 Å². The molecule has 4 aliphatic carbocycles. The molecule has 0 spiro atoms. The summed E-state index contributed by atoms with van der Waals surface area (Å²) in [6.07, 6.45) is 15.0. The van der Waals surface area contributed by atoms with E-state index in [0.717, 1.165) is 24.2 Å². The largest absolute Gasteiger partial charge is 0.295 e. The second kappa shape index (κ2) is 4.21. The van der Waals surface area contributed by atoms with Gasteiger partial charge in [0.05, 0.1) is 0 Å². The van der Waals surface area contributed by atoms with Gasteiger partial charge in [-0.15, -0.1) is 0 Å². The molecule has 0 amide bonds. The number of fused-ring (bicyclic) bond motifs is 5. The number of hydrogen-bond donors (Lipinski definition) is 0. The normalized spacial score (nSPS) is 54.2. The maximum atomic E-state index is 11.8. The fourth-order valence-corrected chi connectivity index (χ4v) is 6.63. The van der Waals surface area contributed by atoms with Crippen molar-refractivity contribution in [1.29, 1.82) is 0 Å². The first-order valence-corrected chi connectivity index (χ1v) is 8.75. The number of rotatable bonds is 0. The summed E-state index contributed by atoms with van der Waals surface area (Å²) in [6, 6.07) is 0. The molecule has 4 rings (SSSR count). The van der Waals surface area contributed by atoms with Crippen molar-refractivity contribution in [3.63, 3.8) is 0 Å². The Morgan fingerprint density at radius 1 is 1.05 bits per heavy atom. The van der Waals surface area contributed by atoms with Crippen molar-refractivity contribution in [3.05, 3.63) is 12.2 Å². The smallest absolute Gasteiger partial charge is 0.155 e. The third-order valence-corrected chi connectivity index (χ3v) is 7.82. The second-order valence-electron chi connectivity index (χ2n) is 8.61. The van der Waals surface area contributed by atoms with Gasteiger partial charge in [0.25, 0.3) is 0 Å². The molecule has 1 heteroatoms. The van der Waals surface area contributed by atoms with Crippen LogP contribution in [0.3, 0.4) is 0 Å². The molecule has 0 aromatic heterocycles. The molecule has 0 bridgehead atoms. The summed E-state index contributed by atoms with van der Waals surface area (Å²) in [5, 5.41) is 0. The zero-order valence-electron chi connectivity index (χ0n) is 13.0. The number of carbonyl (C=O) groups excluding carboxylic acids is 1. The Labute approximate surface area is 123 Å². The molecule has 0 saturated heterocycles. The summed E-state index contributed by atoms with van der Waals surface area (Å²) in [6.45, 7) is 5.03. The molecular weight excluding hydrogens is 244 g/mol. The maximum Gasteiger partial charge on any atom is 0.155 e. The van der Waals surface area contributed by atoms with Crippen LogP contribution >= 0.6 is 0 Å². The molecule has 0 radical (unpaired) electrons. The Morgan fingerprint density at radius 2 is 1.90 bits per heavy atom. The summed E-state index contributed by atoms with van der Waals surface area (Å²) in [7, 11) is 0. The summed E-state index contributed by atoms with van der Waals surface area (Å²) < 4.78 is 0. The highest BCUT2D eigenvalue weighted by Crippen LogP contribution is 2.64. The Morgan fingerprint density at radius 3 is 2.75 bits per heavy atom. The van der Waals surface area contributed by atoms with Crippen LogP contribution in [0.25, 0.3) is 0 Å². The van der Waals surface area contributed by atoms with Crippen molar-refractivity contribution in [2.45, 2.75) is 65.2 Å². The van der Waals surface area contributed by atoms with Crippen molar-refractivity contribution < 1.29 is 4.79 Å². The van der Waals surface area contributed by atoms with Crippen molar-refractivity contribution >= 4 is 5.78 Å². The van der Waals surface area contributed by atoms with Gasteiger partial charge in [-0.05, 0) is 79.1 Å². The molecule has 1 nitrogen and oxygen atoms in total. The van der Waals surface area contributed by atoms with Crippen LogP contribution in [-0.2, 0) is 4.79 Å². The van der Waals surface area contributed by atoms with Gasteiger partial charge in [-0.2, -0.15) is 0 Å². The van der Waals surface area contributed by atoms with Gasteiger partial charge in [-0.1, -0.05) is 26.3 Å². The monoisotopic (exact) mass is 272 g/mol. The highest BCUT2D eigenvalue weighted by Gasteiger charge is 2.56. The van der Waals surface area contributed by atoms with Crippen LogP contribution in [-0.4, -0.2) is 5.78 Å². The fraction of sp³-hybridized carbons (Fsp3) is 0.842. The first kappa shape index (κ1) is 13.1. The van der Waals surface area contributed by atoms with E-state index in [9.17, 15) is 4.79 Å². The van der Waals surface area contributed by atoms with Gasteiger partial charge in [-0.3, -0.25) is 4.79 Å². The zero-order valence-corrected chi connectivity index (χ0v) is 13.0. The highest BCUT2D eigenvalue weighted by atomic mass is 16.1. The molecule has 110 valence electrons. The number of ketones is 1. The Bertz CT molecular complexity index is 464. The lowest BCUT2D eigenvalue weighted by atomic mass is 9.46. The van der Waals surface area contributed by atoms with Crippen LogP contribution in [0.2, 0.25) is 0 Å². The second-order valence-corrected chi connectivity index (χ2v) is 8.61. The van der Waals surface area contributed by atoms with Crippen LogP contribution in [0.1, 0.15) is 65.2 Å². The molecule has 3 saturated carbocycles. The molecule has 3 fully saturated rings. The summed E-state index contributed by atoms with van der Waals surface area (Å²) in [5.74, 6) is 3.77. The molecule has 0 heterocycles. The van der Waals surface area contributed by atoms with Crippen molar-refractivity contribution in [2.75, 3.05) is 0 Å². The van der Waals surface area contributed by atoms with Crippen LogP contribution < -0.4 is 0 Å². The maximum absolute atomic E-state index is 11.8. The minimum absolute atomic E-state index is 0.320. The Hall–Kier alpha value is -0.590. The number of hydrogen-bond acceptors (Lipinski definition) is 1. The van der Waals surface area contributed by atoms with E-state index < -0.39 is 0 Å². The summed E-state index contributed by atoms with van der Waals surface area (Å²) in [4.78, 5) is 11.8. The molecule has 6 atom stereocenters. The molecule has 0 aromatic carbocycles. The van der Waals surface area contributed by atoms with Gasteiger partial charge in [0.15, 0.2) is 5.78 Å². The Kier molecular flexibility index (Phi) is 2.76. The molecule has 4 aliphatic rings. The van der Waals surface area contributed by atoms with Gasteiger partial charge < -0.3 is 0 Å². The van der Waals surface area contributed by atoms with E-state index in [-0.39, 0.29) is 0 Å². The molecule has 0 N–H and O–H groups in total. The van der Waals surface area contributed by atoms with Crippen molar-refractivity contribution in [1.82, 2.24) is 0 Å². The third kappa shape index (κ3) is 1.64. The van der Waals surface area contributed by atoms with Crippen LogP contribution in [0.4, 0.5) is 0 Å². The van der Waals surface area contributed by atoms with Gasteiger partial charge in [0, 0.05) is 6.42 Å². The minimum atomic E-state index is 0.320. The molecule has 20 heavy (non-hydrogen) atoms. The van der Waals surface area contributed by atoms with E-state index in [4.69, 9.17) is 0 Å². The average Bonchev–Trinajstić information content (AvgIpc) is 2.81. The zero-order chi connectivity index (χ0) is 14.0. The van der Waals surface area contributed by atoms with Crippen LogP contribution in [0.5, 0.6) is 0 Å². The molecule has 6 unspecified atom stereocenters. The van der Waals surface area contributed by atoms with E-state index in [0.29, 0.717) is 22.5 Å². The van der Waals surface area contributed by atoms with E-state index in [2.05, 4.69) is 19.9 Å². The SMILES string of the molecule is CC12CCCC1C1CCC3CC(=O)C=CC3(C)C1CC2. The van der Waals surface area contributed by atoms with Crippen LogP contribution in [0.15, 0.2) is 12.2 Å². The van der Waals surface area contributed by atoms with Gasteiger partial charge in [-0.25, -0.2) is 0 Å².